The van der Waals surface area contributed by atoms with Gasteiger partial charge in [0.1, 0.15) is 47.2 Å². The fourth-order valence-electron chi connectivity index (χ4n) is 4.58. The number of methoxy groups -OCH3 is 1. The van der Waals surface area contributed by atoms with Gasteiger partial charge >= 0.3 is 5.63 Å². The summed E-state index contributed by atoms with van der Waals surface area (Å²) >= 11 is 0. The number of ether oxygens (including phenoxy) is 3. The van der Waals surface area contributed by atoms with Crippen LogP contribution in [0.4, 0.5) is 0 Å². The fraction of sp³-hybridized carbons (Fsp3) is 0.269. The van der Waals surface area contributed by atoms with E-state index in [0.29, 0.717) is 27.5 Å². The summed E-state index contributed by atoms with van der Waals surface area (Å²) in [4.78, 5) is 13.0. The molecule has 1 aliphatic heterocycles. The first kappa shape index (κ1) is 24.0. The quantitative estimate of drug-likeness (QED) is 0.203. The monoisotopic (exact) mass is 496 g/mol. The molecule has 0 saturated carbocycles. The minimum absolute atomic E-state index is 0.0323. The van der Waals surface area contributed by atoms with E-state index in [4.69, 9.17) is 18.6 Å². The molecule has 36 heavy (non-hydrogen) atoms. The zero-order valence-electron chi connectivity index (χ0n) is 19.1. The Morgan fingerprint density at radius 2 is 1.78 bits per heavy atom. The van der Waals surface area contributed by atoms with Gasteiger partial charge in [0.15, 0.2) is 0 Å². The molecule has 0 radical (unpaired) electrons. The van der Waals surface area contributed by atoms with Gasteiger partial charge in [0, 0.05) is 16.2 Å². The molecule has 0 amide bonds. The Labute approximate surface area is 203 Å². The van der Waals surface area contributed by atoms with Crippen molar-refractivity contribution in [3.05, 3.63) is 59.0 Å². The summed E-state index contributed by atoms with van der Waals surface area (Å²) in [5.41, 5.74) is 0.193. The van der Waals surface area contributed by atoms with Crippen LogP contribution in [0.2, 0.25) is 0 Å². The standard InChI is InChI=1S/C26H24O10/c1-3-11-7-14-19(16(8-11)33-2)13-9-17(34-26-23(31)22(30)21(29)18(10-27)35-26)20-12(5-4-6-15(20)28)24(13)36-25(14)32/h3-9,18,21-23,26-31H,1,10H2,2H3/t18-,21-,22+,23+,26+/m0/s1. The van der Waals surface area contributed by atoms with Crippen molar-refractivity contribution in [2.75, 3.05) is 13.7 Å². The second-order valence-corrected chi connectivity index (χ2v) is 8.51. The van der Waals surface area contributed by atoms with Crippen LogP contribution in [0.3, 0.4) is 0 Å². The van der Waals surface area contributed by atoms with Crippen LogP contribution in [0.5, 0.6) is 17.2 Å². The summed E-state index contributed by atoms with van der Waals surface area (Å²) in [5, 5.41) is 52.5. The third-order valence-corrected chi connectivity index (χ3v) is 6.41. The van der Waals surface area contributed by atoms with E-state index in [1.54, 1.807) is 30.3 Å². The van der Waals surface area contributed by atoms with E-state index >= 15 is 0 Å². The lowest BCUT2D eigenvalue weighted by molar-refractivity contribution is -0.277. The van der Waals surface area contributed by atoms with E-state index in [1.165, 1.54) is 19.2 Å². The molecule has 0 bridgehead atoms. The van der Waals surface area contributed by atoms with Crippen molar-refractivity contribution in [1.29, 1.82) is 0 Å². The summed E-state index contributed by atoms with van der Waals surface area (Å²) in [6.07, 6.45) is -6.01. The molecule has 1 aromatic heterocycles. The Kier molecular flexibility index (Phi) is 6.07. The highest BCUT2D eigenvalue weighted by Gasteiger charge is 2.45. The first-order chi connectivity index (χ1) is 17.3. The van der Waals surface area contributed by atoms with Gasteiger partial charge in [-0.1, -0.05) is 24.8 Å². The Balaban J connectivity index is 1.80. The van der Waals surface area contributed by atoms with Crippen LogP contribution in [0.15, 0.2) is 52.2 Å². The molecule has 3 aromatic carbocycles. The number of aliphatic hydroxyl groups is 4. The van der Waals surface area contributed by atoms with Crippen LogP contribution in [0, 0.1) is 0 Å². The topological polar surface area (TPSA) is 159 Å². The van der Waals surface area contributed by atoms with Gasteiger partial charge in [-0.2, -0.15) is 0 Å². The van der Waals surface area contributed by atoms with Gasteiger partial charge in [0.2, 0.25) is 6.29 Å². The van der Waals surface area contributed by atoms with E-state index in [1.807, 2.05) is 0 Å². The SMILES string of the molecule is C=Cc1cc(OC)c2c(c1)c(=O)oc1c3cccc(O)c3c(O[C@@H]3O[C@@H](CO)[C@H](O)[C@@H](O)[C@H]3O)cc12. The Morgan fingerprint density at radius 3 is 2.47 bits per heavy atom. The maximum Gasteiger partial charge on any atom is 0.344 e. The molecule has 188 valence electrons. The van der Waals surface area contributed by atoms with E-state index in [2.05, 4.69) is 6.58 Å². The van der Waals surface area contributed by atoms with E-state index in [9.17, 15) is 30.3 Å². The van der Waals surface area contributed by atoms with Crippen LogP contribution in [0.1, 0.15) is 5.56 Å². The smallest absolute Gasteiger partial charge is 0.344 e. The fourth-order valence-corrected chi connectivity index (χ4v) is 4.58. The summed E-state index contributed by atoms with van der Waals surface area (Å²) in [5.74, 6) is 0.203. The van der Waals surface area contributed by atoms with Crippen LogP contribution >= 0.6 is 0 Å². The number of benzene rings is 3. The zero-order chi connectivity index (χ0) is 25.7. The van der Waals surface area contributed by atoms with Gasteiger partial charge in [0.25, 0.3) is 0 Å². The summed E-state index contributed by atoms with van der Waals surface area (Å²) in [7, 11) is 1.46. The van der Waals surface area contributed by atoms with E-state index in [-0.39, 0.29) is 27.9 Å². The molecule has 5 rings (SSSR count). The Hall–Kier alpha value is -3.67. The third-order valence-electron chi connectivity index (χ3n) is 6.41. The highest BCUT2D eigenvalue weighted by Crippen LogP contribution is 2.43. The molecule has 1 saturated heterocycles. The normalized spacial score (nSPS) is 24.3. The lowest BCUT2D eigenvalue weighted by Crippen LogP contribution is -2.60. The molecule has 10 heteroatoms. The van der Waals surface area contributed by atoms with Crippen LogP contribution in [0.25, 0.3) is 38.6 Å². The molecule has 0 aliphatic carbocycles. The number of phenolic OH excluding ortho intramolecular Hbond substituents is 1. The van der Waals surface area contributed by atoms with Crippen LogP contribution in [-0.2, 0) is 4.74 Å². The molecule has 1 aliphatic rings. The predicted molar refractivity (Wildman–Crippen MR) is 130 cm³/mol. The van der Waals surface area contributed by atoms with Crippen molar-refractivity contribution in [2.24, 2.45) is 0 Å². The number of fused-ring (bicyclic) bond motifs is 5. The second-order valence-electron chi connectivity index (χ2n) is 8.51. The van der Waals surface area contributed by atoms with Crippen molar-refractivity contribution in [2.45, 2.75) is 30.7 Å². The predicted octanol–water partition coefficient (Wildman–Crippen LogP) is 1.64. The van der Waals surface area contributed by atoms with Crippen molar-refractivity contribution < 1.29 is 44.2 Å². The average Bonchev–Trinajstić information content (AvgIpc) is 2.88. The van der Waals surface area contributed by atoms with Gasteiger partial charge < -0.3 is 44.2 Å². The molecule has 0 spiro atoms. The Morgan fingerprint density at radius 1 is 1.00 bits per heavy atom. The van der Waals surface area contributed by atoms with Crippen molar-refractivity contribution in [3.63, 3.8) is 0 Å². The summed E-state index contributed by atoms with van der Waals surface area (Å²) < 4.78 is 22.7. The molecule has 5 N–H and O–H groups in total. The summed E-state index contributed by atoms with van der Waals surface area (Å²) in [6, 6.07) is 9.42. The molecule has 4 aromatic rings. The molecule has 1 fully saturated rings. The molecule has 0 unspecified atom stereocenters. The van der Waals surface area contributed by atoms with Gasteiger partial charge in [-0.15, -0.1) is 0 Å². The molecule has 10 nitrogen and oxygen atoms in total. The maximum atomic E-state index is 13.0. The number of rotatable bonds is 5. The first-order valence-corrected chi connectivity index (χ1v) is 11.1. The van der Waals surface area contributed by atoms with E-state index in [0.717, 1.165) is 0 Å². The van der Waals surface area contributed by atoms with Crippen LogP contribution < -0.4 is 15.1 Å². The van der Waals surface area contributed by atoms with Crippen molar-refractivity contribution in [1.82, 2.24) is 0 Å². The van der Waals surface area contributed by atoms with Gasteiger partial charge in [-0.05, 0) is 29.8 Å². The number of hydrogen-bond acceptors (Lipinski definition) is 10. The number of phenols is 1. The van der Waals surface area contributed by atoms with Crippen molar-refractivity contribution in [3.8, 4) is 17.2 Å². The molecular weight excluding hydrogens is 472 g/mol. The van der Waals surface area contributed by atoms with E-state index < -0.39 is 42.9 Å². The lowest BCUT2D eigenvalue weighted by Gasteiger charge is -2.39. The minimum Gasteiger partial charge on any atom is -0.507 e. The third kappa shape index (κ3) is 3.67. The zero-order valence-corrected chi connectivity index (χ0v) is 19.1. The Bertz CT molecular complexity index is 1540. The van der Waals surface area contributed by atoms with Crippen LogP contribution in [-0.4, -0.2) is 70.0 Å². The minimum atomic E-state index is -1.67. The maximum absolute atomic E-state index is 13.0. The van der Waals surface area contributed by atoms with Gasteiger partial charge in [0.05, 0.1) is 24.5 Å². The summed E-state index contributed by atoms with van der Waals surface area (Å²) in [6.45, 7) is 3.11. The highest BCUT2D eigenvalue weighted by molar-refractivity contribution is 6.18. The molecule has 5 atom stereocenters. The number of aliphatic hydroxyl groups excluding tert-OH is 4. The first-order valence-electron chi connectivity index (χ1n) is 11.1. The van der Waals surface area contributed by atoms with Gasteiger partial charge in [-0.25, -0.2) is 4.79 Å². The molecular formula is C26H24O10. The van der Waals surface area contributed by atoms with Crippen molar-refractivity contribution >= 4 is 38.6 Å². The second kappa shape index (κ2) is 9.08. The molecule has 2 heterocycles. The number of hydrogen-bond donors (Lipinski definition) is 5. The van der Waals surface area contributed by atoms with Gasteiger partial charge in [-0.3, -0.25) is 0 Å². The number of aromatic hydroxyl groups is 1. The highest BCUT2D eigenvalue weighted by atomic mass is 16.7. The lowest BCUT2D eigenvalue weighted by atomic mass is 9.98. The largest absolute Gasteiger partial charge is 0.507 e. The average molecular weight is 496 g/mol.